The van der Waals surface area contributed by atoms with Crippen molar-refractivity contribution in [3.8, 4) is 5.75 Å². The molecule has 0 saturated heterocycles. The lowest BCUT2D eigenvalue weighted by molar-refractivity contribution is 0.416. The van der Waals surface area contributed by atoms with E-state index in [0.717, 1.165) is 21.2 Å². The van der Waals surface area contributed by atoms with Crippen LogP contribution >= 0.6 is 15.9 Å². The van der Waals surface area contributed by atoms with E-state index < -0.39 is 0 Å². The number of fused-ring (bicyclic) bond motifs is 1. The Kier molecular flexibility index (Phi) is 1.77. The van der Waals surface area contributed by atoms with Gasteiger partial charge in [0.05, 0.1) is 23.2 Å². The van der Waals surface area contributed by atoms with Crippen LogP contribution in [0.2, 0.25) is 0 Å². The second-order valence-electron chi connectivity index (χ2n) is 2.32. The summed E-state index contributed by atoms with van der Waals surface area (Å²) in [5.41, 5.74) is 0.732. The van der Waals surface area contributed by atoms with Crippen LogP contribution in [0, 0.1) is 0 Å². The monoisotopic (exact) mass is 227 g/mol. The van der Waals surface area contributed by atoms with Crippen molar-refractivity contribution < 1.29 is 9.26 Å². The van der Waals surface area contributed by atoms with Crippen LogP contribution in [0.1, 0.15) is 0 Å². The fraction of sp³-hybridized carbons (Fsp3) is 0.125. The van der Waals surface area contributed by atoms with Crippen LogP contribution in [0.5, 0.6) is 5.75 Å². The van der Waals surface area contributed by atoms with Gasteiger partial charge in [0, 0.05) is 0 Å². The molecule has 12 heavy (non-hydrogen) atoms. The van der Waals surface area contributed by atoms with Crippen molar-refractivity contribution in [2.45, 2.75) is 0 Å². The lowest BCUT2D eigenvalue weighted by Crippen LogP contribution is -1.83. The summed E-state index contributed by atoms with van der Waals surface area (Å²) in [7, 11) is 1.62. The van der Waals surface area contributed by atoms with Gasteiger partial charge in [-0.3, -0.25) is 0 Å². The minimum Gasteiger partial charge on any atom is -0.495 e. The summed E-state index contributed by atoms with van der Waals surface area (Å²) in [4.78, 5) is 0. The van der Waals surface area contributed by atoms with Crippen LogP contribution in [-0.4, -0.2) is 12.3 Å². The average Bonchev–Trinajstić information content (AvgIpc) is 2.52. The van der Waals surface area contributed by atoms with Gasteiger partial charge < -0.3 is 9.26 Å². The SMILES string of the molecule is COc1c(Br)ccc2oncc12. The molecule has 0 N–H and O–H groups in total. The number of nitrogens with zero attached hydrogens (tertiary/aromatic N) is 1. The van der Waals surface area contributed by atoms with Crippen molar-refractivity contribution >= 4 is 26.9 Å². The highest BCUT2D eigenvalue weighted by Crippen LogP contribution is 2.32. The van der Waals surface area contributed by atoms with Crippen LogP contribution in [0.4, 0.5) is 0 Å². The molecule has 0 aliphatic rings. The second kappa shape index (κ2) is 2.79. The van der Waals surface area contributed by atoms with Crippen LogP contribution in [-0.2, 0) is 0 Å². The Balaban J connectivity index is 2.83. The molecule has 0 fully saturated rings. The fourth-order valence-corrected chi connectivity index (χ4v) is 1.61. The number of methoxy groups -OCH3 is 1. The maximum atomic E-state index is 5.17. The quantitative estimate of drug-likeness (QED) is 0.752. The molecule has 62 valence electrons. The van der Waals surface area contributed by atoms with Crippen LogP contribution in [0.3, 0.4) is 0 Å². The van der Waals surface area contributed by atoms with Crippen LogP contribution in [0.25, 0.3) is 11.0 Å². The van der Waals surface area contributed by atoms with E-state index in [1.807, 2.05) is 12.1 Å². The maximum Gasteiger partial charge on any atom is 0.170 e. The molecule has 1 aromatic carbocycles. The van der Waals surface area contributed by atoms with Gasteiger partial charge in [-0.2, -0.15) is 0 Å². The molecule has 2 rings (SSSR count). The number of benzene rings is 1. The van der Waals surface area contributed by atoms with Gasteiger partial charge in [0.1, 0.15) is 5.75 Å². The van der Waals surface area contributed by atoms with E-state index in [0.29, 0.717) is 0 Å². The Morgan fingerprint density at radius 1 is 1.50 bits per heavy atom. The van der Waals surface area contributed by atoms with E-state index in [2.05, 4.69) is 21.1 Å². The maximum absolute atomic E-state index is 5.17. The summed E-state index contributed by atoms with van der Waals surface area (Å²) in [6, 6.07) is 3.71. The lowest BCUT2D eigenvalue weighted by Gasteiger charge is -2.01. The molecule has 1 aromatic heterocycles. The number of hydrogen-bond acceptors (Lipinski definition) is 3. The largest absolute Gasteiger partial charge is 0.495 e. The first kappa shape index (κ1) is 7.61. The first-order valence-electron chi connectivity index (χ1n) is 3.40. The van der Waals surface area contributed by atoms with E-state index in [9.17, 15) is 0 Å². The van der Waals surface area contributed by atoms with E-state index in [1.54, 1.807) is 13.3 Å². The third-order valence-corrected chi connectivity index (χ3v) is 2.27. The standard InChI is InChI=1S/C8H6BrNO2/c1-11-8-5-4-10-12-7(5)3-2-6(8)9/h2-4H,1H3. The molecule has 0 amide bonds. The Hall–Kier alpha value is -1.03. The lowest BCUT2D eigenvalue weighted by atomic mass is 10.2. The molecule has 0 atom stereocenters. The summed E-state index contributed by atoms with van der Waals surface area (Å²) in [6.07, 6.45) is 1.64. The van der Waals surface area contributed by atoms with Crippen molar-refractivity contribution in [1.82, 2.24) is 5.16 Å². The summed E-state index contributed by atoms with van der Waals surface area (Å²) >= 11 is 3.37. The Morgan fingerprint density at radius 3 is 3.08 bits per heavy atom. The highest BCUT2D eigenvalue weighted by Gasteiger charge is 2.08. The third-order valence-electron chi connectivity index (χ3n) is 1.65. The van der Waals surface area contributed by atoms with Gasteiger partial charge in [-0.15, -0.1) is 0 Å². The van der Waals surface area contributed by atoms with E-state index in [4.69, 9.17) is 9.26 Å². The highest BCUT2D eigenvalue weighted by molar-refractivity contribution is 9.10. The van der Waals surface area contributed by atoms with Gasteiger partial charge in [0.15, 0.2) is 5.58 Å². The predicted molar refractivity (Wildman–Crippen MR) is 48.3 cm³/mol. The van der Waals surface area contributed by atoms with Crippen LogP contribution in [0.15, 0.2) is 27.3 Å². The topological polar surface area (TPSA) is 35.3 Å². The van der Waals surface area contributed by atoms with Gasteiger partial charge in [-0.25, -0.2) is 0 Å². The zero-order valence-corrected chi connectivity index (χ0v) is 7.96. The smallest absolute Gasteiger partial charge is 0.170 e. The van der Waals surface area contributed by atoms with Gasteiger partial charge in [-0.05, 0) is 28.1 Å². The molecule has 1 heterocycles. The number of aromatic nitrogens is 1. The summed E-state index contributed by atoms with van der Waals surface area (Å²) in [5.74, 6) is 0.758. The second-order valence-corrected chi connectivity index (χ2v) is 3.17. The van der Waals surface area contributed by atoms with E-state index in [1.165, 1.54) is 0 Å². The van der Waals surface area contributed by atoms with E-state index >= 15 is 0 Å². The predicted octanol–water partition coefficient (Wildman–Crippen LogP) is 2.60. The number of halogens is 1. The first-order valence-corrected chi connectivity index (χ1v) is 4.19. The van der Waals surface area contributed by atoms with Gasteiger partial charge >= 0.3 is 0 Å². The first-order chi connectivity index (χ1) is 5.83. The number of ether oxygens (including phenoxy) is 1. The minimum absolute atomic E-state index is 0.732. The highest BCUT2D eigenvalue weighted by atomic mass is 79.9. The molecule has 0 radical (unpaired) electrons. The summed E-state index contributed by atoms with van der Waals surface area (Å²) in [5, 5.41) is 4.56. The zero-order chi connectivity index (χ0) is 8.55. The van der Waals surface area contributed by atoms with Gasteiger partial charge in [-0.1, -0.05) is 5.16 Å². The van der Waals surface area contributed by atoms with Crippen molar-refractivity contribution in [2.75, 3.05) is 7.11 Å². The average molecular weight is 228 g/mol. The minimum atomic E-state index is 0.732. The normalized spacial score (nSPS) is 10.5. The Morgan fingerprint density at radius 2 is 2.33 bits per heavy atom. The van der Waals surface area contributed by atoms with Crippen molar-refractivity contribution in [2.24, 2.45) is 0 Å². The zero-order valence-electron chi connectivity index (χ0n) is 6.37. The Labute approximate surface area is 77.4 Å². The molecule has 0 saturated carbocycles. The van der Waals surface area contributed by atoms with Crippen molar-refractivity contribution in [3.63, 3.8) is 0 Å². The van der Waals surface area contributed by atoms with Gasteiger partial charge in [0.2, 0.25) is 0 Å². The molecule has 0 bridgehead atoms. The van der Waals surface area contributed by atoms with Gasteiger partial charge in [0.25, 0.3) is 0 Å². The summed E-state index contributed by atoms with van der Waals surface area (Å²) < 4.78 is 11.0. The molecule has 0 aliphatic heterocycles. The van der Waals surface area contributed by atoms with E-state index in [-0.39, 0.29) is 0 Å². The molecular formula is C8H6BrNO2. The van der Waals surface area contributed by atoms with Crippen LogP contribution < -0.4 is 4.74 Å². The third kappa shape index (κ3) is 0.992. The molecule has 2 aromatic rings. The van der Waals surface area contributed by atoms with Crippen molar-refractivity contribution in [1.29, 1.82) is 0 Å². The number of rotatable bonds is 1. The molecule has 4 heteroatoms. The number of hydrogen-bond donors (Lipinski definition) is 0. The van der Waals surface area contributed by atoms with Crippen molar-refractivity contribution in [3.05, 3.63) is 22.8 Å². The molecule has 0 unspecified atom stereocenters. The molecule has 0 spiro atoms. The molecule has 3 nitrogen and oxygen atoms in total. The Bertz CT molecular complexity index is 410. The molecular weight excluding hydrogens is 222 g/mol. The fourth-order valence-electron chi connectivity index (χ4n) is 1.10. The summed E-state index contributed by atoms with van der Waals surface area (Å²) in [6.45, 7) is 0. The molecule has 0 aliphatic carbocycles.